The summed E-state index contributed by atoms with van der Waals surface area (Å²) in [6.45, 7) is 0. The second kappa shape index (κ2) is 5.19. The third-order valence-corrected chi connectivity index (χ3v) is 3.96. The van der Waals surface area contributed by atoms with Crippen LogP contribution in [0.5, 0.6) is 0 Å². The zero-order chi connectivity index (χ0) is 14.1. The van der Waals surface area contributed by atoms with Crippen molar-refractivity contribution in [1.29, 1.82) is 0 Å². The molecular formula is C14H8ClFN2OS. The van der Waals surface area contributed by atoms with Crippen LogP contribution < -0.4 is 5.32 Å². The van der Waals surface area contributed by atoms with Crippen molar-refractivity contribution in [2.75, 3.05) is 5.32 Å². The van der Waals surface area contributed by atoms with Crippen molar-refractivity contribution in [1.82, 2.24) is 4.98 Å². The summed E-state index contributed by atoms with van der Waals surface area (Å²) in [4.78, 5) is 15.7. The second-order valence-electron chi connectivity index (χ2n) is 4.12. The minimum Gasteiger partial charge on any atom is -0.322 e. The van der Waals surface area contributed by atoms with Gasteiger partial charge in [0.1, 0.15) is 11.0 Å². The molecule has 1 N–H and O–H groups in total. The summed E-state index contributed by atoms with van der Waals surface area (Å²) in [5.41, 5.74) is 0.637. The number of amides is 1. The van der Waals surface area contributed by atoms with E-state index in [-0.39, 0.29) is 10.7 Å². The molecule has 0 aliphatic carbocycles. The first-order valence-electron chi connectivity index (χ1n) is 5.73. The van der Waals surface area contributed by atoms with E-state index in [1.54, 1.807) is 17.4 Å². The highest BCUT2D eigenvalue weighted by atomic mass is 35.5. The van der Waals surface area contributed by atoms with Gasteiger partial charge in [-0.2, -0.15) is 0 Å². The highest BCUT2D eigenvalue weighted by Gasteiger charge is 2.13. The maximum absolute atomic E-state index is 13.1. The van der Waals surface area contributed by atoms with Crippen LogP contribution in [0.15, 0.2) is 41.9 Å². The van der Waals surface area contributed by atoms with Gasteiger partial charge >= 0.3 is 0 Å². The molecule has 0 bridgehead atoms. The van der Waals surface area contributed by atoms with E-state index >= 15 is 0 Å². The van der Waals surface area contributed by atoms with Crippen LogP contribution in [-0.4, -0.2) is 10.9 Å². The van der Waals surface area contributed by atoms with E-state index in [9.17, 15) is 9.18 Å². The van der Waals surface area contributed by atoms with Crippen LogP contribution in [-0.2, 0) is 0 Å². The van der Waals surface area contributed by atoms with Gasteiger partial charge in [0.25, 0.3) is 5.91 Å². The summed E-state index contributed by atoms with van der Waals surface area (Å²) in [5, 5.41) is 5.67. The first kappa shape index (κ1) is 13.0. The van der Waals surface area contributed by atoms with Gasteiger partial charge in [0, 0.05) is 10.4 Å². The lowest BCUT2D eigenvalue weighted by atomic mass is 10.2. The molecule has 20 heavy (non-hydrogen) atoms. The topological polar surface area (TPSA) is 42.0 Å². The molecule has 2 heterocycles. The number of anilines is 1. The van der Waals surface area contributed by atoms with Crippen molar-refractivity contribution in [3.05, 3.63) is 58.4 Å². The summed E-state index contributed by atoms with van der Waals surface area (Å²) >= 11 is 7.42. The fourth-order valence-corrected chi connectivity index (χ4v) is 2.78. The van der Waals surface area contributed by atoms with Gasteiger partial charge in [-0.25, -0.2) is 9.37 Å². The zero-order valence-corrected chi connectivity index (χ0v) is 11.6. The Kier molecular flexibility index (Phi) is 3.38. The first-order valence-corrected chi connectivity index (χ1v) is 6.99. The van der Waals surface area contributed by atoms with Crippen molar-refractivity contribution in [3.8, 4) is 0 Å². The van der Waals surface area contributed by atoms with Gasteiger partial charge in [-0.3, -0.25) is 4.79 Å². The molecule has 2 aromatic heterocycles. The molecule has 3 rings (SSSR count). The second-order valence-corrected chi connectivity index (χ2v) is 5.42. The lowest BCUT2D eigenvalue weighted by Crippen LogP contribution is -2.13. The van der Waals surface area contributed by atoms with E-state index in [1.807, 2.05) is 23.6 Å². The number of fused-ring (bicyclic) bond motifs is 1. The average Bonchev–Trinajstić information content (AvgIpc) is 2.89. The summed E-state index contributed by atoms with van der Waals surface area (Å²) in [6, 6.07) is 8.59. The number of thiophene rings is 1. The summed E-state index contributed by atoms with van der Waals surface area (Å²) in [7, 11) is 0. The number of pyridine rings is 1. The molecule has 3 nitrogen and oxygen atoms in total. The number of carbonyl (C=O) groups excluding carboxylic acids is 1. The fourth-order valence-electron chi connectivity index (χ4n) is 1.82. The third kappa shape index (κ3) is 2.50. The molecule has 3 aromatic rings. The minimum absolute atomic E-state index is 0.0112. The van der Waals surface area contributed by atoms with Crippen molar-refractivity contribution in [2.45, 2.75) is 0 Å². The smallest absolute Gasteiger partial charge is 0.258 e. The van der Waals surface area contributed by atoms with Crippen molar-refractivity contribution in [2.24, 2.45) is 0 Å². The van der Waals surface area contributed by atoms with Gasteiger partial charge in [0.05, 0.1) is 11.8 Å². The molecular weight excluding hydrogens is 299 g/mol. The SMILES string of the molecule is O=C(Nc1ccc2sccc2c1)c1cc(F)cnc1Cl. The van der Waals surface area contributed by atoms with Gasteiger partial charge < -0.3 is 5.32 Å². The molecule has 0 spiro atoms. The highest BCUT2D eigenvalue weighted by molar-refractivity contribution is 7.17. The average molecular weight is 307 g/mol. The molecule has 100 valence electrons. The Bertz CT molecular complexity index is 803. The van der Waals surface area contributed by atoms with E-state index in [1.165, 1.54) is 0 Å². The zero-order valence-electron chi connectivity index (χ0n) is 10.1. The number of nitrogens with zero attached hydrogens (tertiary/aromatic N) is 1. The van der Waals surface area contributed by atoms with Crippen LogP contribution in [0.3, 0.4) is 0 Å². The Morgan fingerprint density at radius 1 is 1.30 bits per heavy atom. The lowest BCUT2D eigenvalue weighted by Gasteiger charge is -2.06. The predicted molar refractivity (Wildman–Crippen MR) is 79.0 cm³/mol. The normalized spacial score (nSPS) is 10.7. The Labute approximate surface area is 123 Å². The van der Waals surface area contributed by atoms with E-state index in [0.29, 0.717) is 5.69 Å². The molecule has 0 saturated heterocycles. The summed E-state index contributed by atoms with van der Waals surface area (Å²) in [5.74, 6) is -1.09. The number of halogens is 2. The van der Waals surface area contributed by atoms with E-state index in [0.717, 1.165) is 22.3 Å². The van der Waals surface area contributed by atoms with Gasteiger partial charge in [0.15, 0.2) is 0 Å². The summed E-state index contributed by atoms with van der Waals surface area (Å²) in [6.07, 6.45) is 0.969. The summed E-state index contributed by atoms with van der Waals surface area (Å²) < 4.78 is 14.2. The van der Waals surface area contributed by atoms with Crippen LogP contribution >= 0.6 is 22.9 Å². The Morgan fingerprint density at radius 3 is 3.00 bits per heavy atom. The Hall–Kier alpha value is -1.98. The number of rotatable bonds is 2. The van der Waals surface area contributed by atoms with E-state index < -0.39 is 11.7 Å². The highest BCUT2D eigenvalue weighted by Crippen LogP contribution is 2.24. The molecule has 1 aromatic carbocycles. The monoisotopic (exact) mass is 306 g/mol. The largest absolute Gasteiger partial charge is 0.322 e. The van der Waals surface area contributed by atoms with Gasteiger partial charge in [0.2, 0.25) is 0 Å². The Balaban J connectivity index is 1.89. The van der Waals surface area contributed by atoms with Gasteiger partial charge in [-0.05, 0) is 41.1 Å². The number of hydrogen-bond acceptors (Lipinski definition) is 3. The van der Waals surface area contributed by atoms with Crippen molar-refractivity contribution < 1.29 is 9.18 Å². The van der Waals surface area contributed by atoms with Crippen molar-refractivity contribution >= 4 is 44.6 Å². The molecule has 6 heteroatoms. The lowest BCUT2D eigenvalue weighted by molar-refractivity contribution is 0.102. The van der Waals surface area contributed by atoms with E-state index in [4.69, 9.17) is 11.6 Å². The quantitative estimate of drug-likeness (QED) is 0.716. The molecule has 0 unspecified atom stereocenters. The molecule has 0 radical (unpaired) electrons. The van der Waals surface area contributed by atoms with Gasteiger partial charge in [-0.15, -0.1) is 11.3 Å². The van der Waals surface area contributed by atoms with E-state index in [2.05, 4.69) is 10.3 Å². The minimum atomic E-state index is -0.604. The van der Waals surface area contributed by atoms with Crippen LogP contribution in [0.4, 0.5) is 10.1 Å². The van der Waals surface area contributed by atoms with Crippen LogP contribution in [0.1, 0.15) is 10.4 Å². The maximum atomic E-state index is 13.1. The van der Waals surface area contributed by atoms with Gasteiger partial charge in [-0.1, -0.05) is 11.6 Å². The van der Waals surface area contributed by atoms with Crippen LogP contribution in [0.2, 0.25) is 5.15 Å². The predicted octanol–water partition coefficient (Wildman–Crippen LogP) is 4.34. The number of aromatic nitrogens is 1. The maximum Gasteiger partial charge on any atom is 0.258 e. The number of benzene rings is 1. The number of nitrogens with one attached hydrogen (secondary N) is 1. The van der Waals surface area contributed by atoms with Crippen LogP contribution in [0.25, 0.3) is 10.1 Å². The first-order chi connectivity index (χ1) is 9.63. The molecule has 0 fully saturated rings. The fraction of sp³-hybridized carbons (Fsp3) is 0. The standard InChI is InChI=1S/C14H8ClFN2OS/c15-13-11(6-9(16)7-17-13)14(19)18-10-1-2-12-8(5-10)3-4-20-12/h1-7H,(H,18,19). The molecule has 0 atom stereocenters. The van der Waals surface area contributed by atoms with Crippen molar-refractivity contribution in [3.63, 3.8) is 0 Å². The Morgan fingerprint density at radius 2 is 2.15 bits per heavy atom. The molecule has 0 aliphatic heterocycles. The van der Waals surface area contributed by atoms with Crippen LogP contribution in [0, 0.1) is 5.82 Å². The third-order valence-electron chi connectivity index (χ3n) is 2.76. The molecule has 1 amide bonds. The number of hydrogen-bond donors (Lipinski definition) is 1. The molecule has 0 aliphatic rings. The number of carbonyl (C=O) groups is 1. The molecule has 0 saturated carbocycles.